The van der Waals surface area contributed by atoms with Crippen LogP contribution >= 0.6 is 70.4 Å². The molecule has 0 amide bonds. The lowest BCUT2D eigenvalue weighted by molar-refractivity contribution is 0.882. The molecule has 1 N–H and O–H groups in total. The monoisotopic (exact) mass is 557 g/mol. The molecule has 100 valence electrons. The second-order valence-electron chi connectivity index (χ2n) is 4.16. The van der Waals surface area contributed by atoms with Gasteiger partial charge in [-0.2, -0.15) is 0 Å². The highest BCUT2D eigenvalue weighted by Crippen LogP contribution is 2.36. The van der Waals surface area contributed by atoms with E-state index in [9.17, 15) is 0 Å². The zero-order valence-corrected chi connectivity index (χ0v) is 17.0. The smallest absolute Gasteiger partial charge is 0.0634 e. The number of benzene rings is 2. The lowest BCUT2D eigenvalue weighted by atomic mass is 10.1. The molecule has 0 fully saturated rings. The zero-order valence-electron chi connectivity index (χ0n) is 10.1. The van der Waals surface area contributed by atoms with E-state index < -0.39 is 0 Å². The third-order valence-electron chi connectivity index (χ3n) is 2.74. The maximum absolute atomic E-state index is 3.59. The van der Waals surface area contributed by atoms with Crippen molar-refractivity contribution in [1.29, 1.82) is 0 Å². The van der Waals surface area contributed by atoms with Crippen molar-refractivity contribution in [2.75, 3.05) is 5.32 Å². The van der Waals surface area contributed by atoms with Gasteiger partial charge < -0.3 is 5.32 Å². The van der Waals surface area contributed by atoms with E-state index in [1.807, 2.05) is 12.1 Å². The second kappa shape index (κ2) is 6.91. The maximum atomic E-state index is 3.59. The number of nitrogens with one attached hydrogen (secondary N) is 1. The molecule has 0 heterocycles. The van der Waals surface area contributed by atoms with E-state index in [1.54, 1.807) is 0 Å². The molecule has 1 unspecified atom stereocenters. The van der Waals surface area contributed by atoms with Gasteiger partial charge in [0, 0.05) is 23.0 Å². The summed E-state index contributed by atoms with van der Waals surface area (Å²) in [7, 11) is 0. The van der Waals surface area contributed by atoms with Crippen LogP contribution in [-0.2, 0) is 0 Å². The summed E-state index contributed by atoms with van der Waals surface area (Å²) >= 11 is 13.0. The first-order valence-electron chi connectivity index (χ1n) is 5.64. The second-order valence-corrected chi connectivity index (χ2v) is 8.03. The molecule has 0 radical (unpaired) electrons. The number of hydrogen-bond acceptors (Lipinski definition) is 1. The first-order chi connectivity index (χ1) is 8.97. The summed E-state index contributed by atoms with van der Waals surface area (Å²) in [5, 5.41) is 3.52. The molecule has 0 spiro atoms. The van der Waals surface area contributed by atoms with Crippen molar-refractivity contribution in [3.63, 3.8) is 0 Å². The predicted molar refractivity (Wildman–Crippen MR) is 101 cm³/mol. The van der Waals surface area contributed by atoms with Gasteiger partial charge in [0.25, 0.3) is 0 Å². The summed E-state index contributed by atoms with van der Waals surface area (Å²) in [6.45, 7) is 2.16. The highest BCUT2D eigenvalue weighted by molar-refractivity contribution is 14.1. The predicted octanol–water partition coefficient (Wildman–Crippen LogP) is 6.75. The molecule has 2 aromatic rings. The van der Waals surface area contributed by atoms with Gasteiger partial charge in [0.1, 0.15) is 0 Å². The molecule has 0 aliphatic carbocycles. The molecule has 0 bridgehead atoms. The van der Waals surface area contributed by atoms with Gasteiger partial charge in [0.2, 0.25) is 0 Å². The van der Waals surface area contributed by atoms with Crippen molar-refractivity contribution < 1.29 is 0 Å². The highest BCUT2D eigenvalue weighted by Gasteiger charge is 2.11. The minimum Gasteiger partial charge on any atom is -0.377 e. The minimum atomic E-state index is 0.241. The Hall–Kier alpha value is 0.410. The lowest BCUT2D eigenvalue weighted by Gasteiger charge is -2.18. The molecule has 0 aromatic heterocycles. The van der Waals surface area contributed by atoms with E-state index >= 15 is 0 Å². The third kappa shape index (κ3) is 4.19. The van der Waals surface area contributed by atoms with Gasteiger partial charge in [-0.1, -0.05) is 28.1 Å². The van der Waals surface area contributed by atoms with Gasteiger partial charge in [0.05, 0.1) is 5.69 Å². The molecule has 19 heavy (non-hydrogen) atoms. The average Bonchev–Trinajstić information content (AvgIpc) is 2.34. The Morgan fingerprint density at radius 2 is 1.53 bits per heavy atom. The van der Waals surface area contributed by atoms with Gasteiger partial charge in [-0.3, -0.25) is 0 Å². The van der Waals surface area contributed by atoms with Crippen LogP contribution in [0.3, 0.4) is 0 Å². The molecular weight excluding hydrogens is 549 g/mol. The van der Waals surface area contributed by atoms with Crippen LogP contribution in [0.5, 0.6) is 0 Å². The van der Waals surface area contributed by atoms with E-state index in [2.05, 4.69) is 107 Å². The van der Waals surface area contributed by atoms with Crippen LogP contribution in [0.15, 0.2) is 49.8 Å². The molecule has 0 saturated carbocycles. The first-order valence-corrected chi connectivity index (χ1v) is 9.09. The first kappa shape index (κ1) is 15.8. The fraction of sp³-hybridized carbons (Fsp3) is 0.143. The quantitative estimate of drug-likeness (QED) is 0.410. The molecule has 2 aromatic carbocycles. The highest BCUT2D eigenvalue weighted by atomic mass is 127. The van der Waals surface area contributed by atoms with Crippen LogP contribution in [0.4, 0.5) is 5.69 Å². The fourth-order valence-corrected chi connectivity index (χ4v) is 4.58. The summed E-state index contributed by atoms with van der Waals surface area (Å²) in [5.41, 5.74) is 2.33. The van der Waals surface area contributed by atoms with Crippen molar-refractivity contribution in [3.8, 4) is 0 Å². The van der Waals surface area contributed by atoms with Gasteiger partial charge in [0.15, 0.2) is 0 Å². The van der Waals surface area contributed by atoms with E-state index in [0.29, 0.717) is 0 Å². The summed E-state index contributed by atoms with van der Waals surface area (Å²) in [4.78, 5) is 0. The van der Waals surface area contributed by atoms with Crippen molar-refractivity contribution in [1.82, 2.24) is 0 Å². The largest absolute Gasteiger partial charge is 0.377 e. The Kier molecular flexibility index (Phi) is 5.75. The molecule has 0 saturated heterocycles. The third-order valence-corrected chi connectivity index (χ3v) is 5.17. The molecule has 0 aliphatic rings. The normalized spacial score (nSPS) is 12.3. The van der Waals surface area contributed by atoms with Crippen molar-refractivity contribution in [2.24, 2.45) is 0 Å². The Labute approximate surface area is 152 Å². The van der Waals surface area contributed by atoms with E-state index in [1.165, 1.54) is 9.13 Å². The molecule has 5 heteroatoms. The van der Waals surface area contributed by atoms with Crippen LogP contribution < -0.4 is 5.32 Å². The average molecular weight is 560 g/mol. The summed E-state index contributed by atoms with van der Waals surface area (Å²) in [6.07, 6.45) is 0. The zero-order chi connectivity index (χ0) is 14.0. The van der Waals surface area contributed by atoms with Crippen LogP contribution in [-0.4, -0.2) is 0 Å². The number of anilines is 1. The standard InChI is InChI=1S/C14H11Br3IN/c1-8(9-2-4-11(18)5-3-9)19-14-12(16)6-10(15)7-13(14)17/h2-8,19H,1H3. The number of halogens is 4. The summed E-state index contributed by atoms with van der Waals surface area (Å²) < 4.78 is 4.36. The molecule has 2 rings (SSSR count). The Balaban J connectivity index is 2.24. The van der Waals surface area contributed by atoms with E-state index in [-0.39, 0.29) is 6.04 Å². The SMILES string of the molecule is CC(Nc1c(Br)cc(Br)cc1Br)c1ccc(I)cc1. The Morgan fingerprint density at radius 1 is 1.00 bits per heavy atom. The van der Waals surface area contributed by atoms with Crippen molar-refractivity contribution >= 4 is 76.1 Å². The summed E-state index contributed by atoms with van der Waals surface area (Å²) in [6, 6.07) is 12.9. The summed E-state index contributed by atoms with van der Waals surface area (Å²) in [5.74, 6) is 0. The Bertz CT molecular complexity index is 561. The van der Waals surface area contributed by atoms with Crippen LogP contribution in [0, 0.1) is 3.57 Å². The Morgan fingerprint density at radius 3 is 2.05 bits per heavy atom. The van der Waals surface area contributed by atoms with Crippen LogP contribution in [0.25, 0.3) is 0 Å². The molecule has 1 nitrogen and oxygen atoms in total. The van der Waals surface area contributed by atoms with Gasteiger partial charge in [-0.25, -0.2) is 0 Å². The number of hydrogen-bond donors (Lipinski definition) is 1. The van der Waals surface area contributed by atoms with Gasteiger partial charge >= 0.3 is 0 Å². The number of rotatable bonds is 3. The molecule has 1 atom stereocenters. The van der Waals surface area contributed by atoms with Crippen LogP contribution in [0.2, 0.25) is 0 Å². The lowest BCUT2D eigenvalue weighted by Crippen LogP contribution is -2.07. The van der Waals surface area contributed by atoms with E-state index in [0.717, 1.165) is 19.1 Å². The minimum absolute atomic E-state index is 0.241. The molecule has 0 aliphatic heterocycles. The fourth-order valence-electron chi connectivity index (χ4n) is 1.73. The van der Waals surface area contributed by atoms with Gasteiger partial charge in [-0.05, 0) is 91.2 Å². The maximum Gasteiger partial charge on any atom is 0.0634 e. The van der Waals surface area contributed by atoms with Crippen LogP contribution in [0.1, 0.15) is 18.5 Å². The topological polar surface area (TPSA) is 12.0 Å². The van der Waals surface area contributed by atoms with Crippen molar-refractivity contribution in [2.45, 2.75) is 13.0 Å². The van der Waals surface area contributed by atoms with E-state index in [4.69, 9.17) is 0 Å². The van der Waals surface area contributed by atoms with Gasteiger partial charge in [-0.15, -0.1) is 0 Å². The van der Waals surface area contributed by atoms with Crippen molar-refractivity contribution in [3.05, 3.63) is 58.9 Å². The molecular formula is C14H11Br3IN.